The number of amides is 4. The summed E-state index contributed by atoms with van der Waals surface area (Å²) in [5.41, 5.74) is -1.04. The van der Waals surface area contributed by atoms with Crippen LogP contribution in [0.5, 0.6) is 0 Å². The molecule has 0 saturated heterocycles. The fraction of sp³-hybridized carbons (Fsp3) is 0.667. The van der Waals surface area contributed by atoms with Crippen molar-refractivity contribution < 1.29 is 28.2 Å². The monoisotopic (exact) mass is 658 g/mol. The van der Waals surface area contributed by atoms with E-state index in [4.69, 9.17) is 33.6 Å². The molecule has 0 radical (unpaired) electrons. The molecule has 13 heteroatoms. The molecule has 0 aliphatic carbocycles. The third-order valence-electron chi connectivity index (χ3n) is 6.72. The van der Waals surface area contributed by atoms with E-state index in [-0.39, 0.29) is 113 Å². The summed E-state index contributed by atoms with van der Waals surface area (Å²) >= 11 is 0. The van der Waals surface area contributed by atoms with Gasteiger partial charge in [0.2, 0.25) is 23.6 Å². The first-order valence-corrected chi connectivity index (χ1v) is 16.7. The van der Waals surface area contributed by atoms with Crippen LogP contribution in [0.2, 0.25) is 0 Å². The van der Waals surface area contributed by atoms with Crippen molar-refractivity contribution in [2.24, 2.45) is 0 Å². The minimum absolute atomic E-state index is 0.0191. The van der Waals surface area contributed by atoms with Gasteiger partial charge in [-0.15, -0.1) is 19.3 Å². The summed E-state index contributed by atoms with van der Waals surface area (Å²) in [6.07, 6.45) is 17.8. The Hall–Kier alpha value is -3.64. The van der Waals surface area contributed by atoms with Gasteiger partial charge in [0.25, 0.3) is 8.53 Å². The van der Waals surface area contributed by atoms with Gasteiger partial charge in [0.05, 0.1) is 45.3 Å². The minimum Gasteiger partial charge on any atom is -0.351 e. The van der Waals surface area contributed by atoms with Gasteiger partial charge in [-0.05, 0) is 59.8 Å². The average molecular weight is 659 g/mol. The van der Waals surface area contributed by atoms with Crippen molar-refractivity contribution in [3.8, 4) is 43.1 Å². The first-order valence-electron chi connectivity index (χ1n) is 15.6. The van der Waals surface area contributed by atoms with Crippen LogP contribution in [0.4, 0.5) is 0 Å². The van der Waals surface area contributed by atoms with Crippen LogP contribution >= 0.6 is 8.53 Å². The summed E-state index contributed by atoms with van der Waals surface area (Å²) in [6.45, 7) is 9.01. The van der Waals surface area contributed by atoms with Crippen LogP contribution in [-0.2, 0) is 28.2 Å². The van der Waals surface area contributed by atoms with Crippen LogP contribution in [0.1, 0.15) is 91.9 Å². The maximum absolute atomic E-state index is 13.3. The molecule has 1 atom stereocenters. The Bertz CT molecular complexity index is 1030. The van der Waals surface area contributed by atoms with Gasteiger partial charge in [-0.1, -0.05) is 17.8 Å². The highest BCUT2D eigenvalue weighted by Gasteiger charge is 2.33. The number of rotatable bonds is 25. The number of hydrogen-bond acceptors (Lipinski definition) is 8. The van der Waals surface area contributed by atoms with Crippen molar-refractivity contribution in [1.82, 2.24) is 25.9 Å². The van der Waals surface area contributed by atoms with Crippen molar-refractivity contribution in [3.05, 3.63) is 0 Å². The van der Waals surface area contributed by atoms with Gasteiger partial charge in [0.15, 0.2) is 0 Å². The van der Waals surface area contributed by atoms with E-state index in [2.05, 4.69) is 77.5 Å². The van der Waals surface area contributed by atoms with Crippen LogP contribution < -0.4 is 21.3 Å². The van der Waals surface area contributed by atoms with Crippen LogP contribution in [0.15, 0.2) is 0 Å². The van der Waals surface area contributed by atoms with Gasteiger partial charge < -0.3 is 30.3 Å². The molecule has 0 aliphatic rings. The van der Waals surface area contributed by atoms with Gasteiger partial charge in [0, 0.05) is 43.3 Å². The Labute approximate surface area is 276 Å². The Kier molecular flexibility index (Phi) is 23.5. The fourth-order valence-electron chi connectivity index (χ4n) is 4.54. The predicted octanol–water partition coefficient (Wildman–Crippen LogP) is 2.89. The van der Waals surface area contributed by atoms with Gasteiger partial charge in [-0.2, -0.15) is 5.26 Å². The number of carbonyl (C=O) groups excluding carboxylic acids is 4. The highest BCUT2D eigenvalue weighted by atomic mass is 31.2. The molecule has 46 heavy (non-hydrogen) atoms. The molecule has 0 aromatic heterocycles. The summed E-state index contributed by atoms with van der Waals surface area (Å²) < 4.78 is 14.1. The first kappa shape index (κ1) is 42.4. The van der Waals surface area contributed by atoms with Crippen LogP contribution in [0.25, 0.3) is 0 Å². The van der Waals surface area contributed by atoms with E-state index in [1.165, 1.54) is 0 Å². The molecule has 0 aliphatic heterocycles. The van der Waals surface area contributed by atoms with E-state index in [9.17, 15) is 19.2 Å². The number of terminal acetylenes is 3. The van der Waals surface area contributed by atoms with Crippen molar-refractivity contribution in [2.45, 2.75) is 110 Å². The van der Waals surface area contributed by atoms with Gasteiger partial charge in [0.1, 0.15) is 0 Å². The molecule has 0 bridgehead atoms. The van der Waals surface area contributed by atoms with E-state index in [0.29, 0.717) is 19.4 Å². The fourth-order valence-corrected chi connectivity index (χ4v) is 6.17. The van der Waals surface area contributed by atoms with Gasteiger partial charge in [-0.3, -0.25) is 19.2 Å². The molecule has 0 fully saturated rings. The van der Waals surface area contributed by atoms with E-state index < -0.39 is 14.1 Å². The second-order valence-corrected chi connectivity index (χ2v) is 12.6. The Morgan fingerprint density at radius 2 is 1.15 bits per heavy atom. The maximum Gasteiger partial charge on any atom is 0.259 e. The third kappa shape index (κ3) is 19.7. The van der Waals surface area contributed by atoms with Crippen LogP contribution in [-0.4, -0.2) is 78.8 Å². The molecule has 254 valence electrons. The van der Waals surface area contributed by atoms with Crippen LogP contribution in [0.3, 0.4) is 0 Å². The summed E-state index contributed by atoms with van der Waals surface area (Å²) in [6, 6.07) is 2.42. The molecule has 0 rings (SSSR count). The lowest BCUT2D eigenvalue weighted by Gasteiger charge is -2.35. The lowest BCUT2D eigenvalue weighted by Crippen LogP contribution is -2.50. The topological polar surface area (TPSA) is 162 Å². The lowest BCUT2D eigenvalue weighted by molar-refractivity contribution is -0.127. The van der Waals surface area contributed by atoms with Crippen molar-refractivity contribution in [3.63, 3.8) is 0 Å². The lowest BCUT2D eigenvalue weighted by atomic mass is 9.83. The smallest absolute Gasteiger partial charge is 0.259 e. The number of carbonyl (C=O) groups is 4. The standard InChI is InChI=1S/C33H51N6O6P/c1-8-22-35-29(40)15-18-33(19-16-30(41)36-23-9-2,20-17-31(42)37-24-10-3)38-32(43)14-11-12-25-44-46(45-26-13-21-34)39(27(4)5)28(6)7/h1-3,27-28H,11-20,22-26H2,4-7H3,(H,35,40)(H,36,41)(H,37,42)(H,38,43). The molecule has 12 nitrogen and oxygen atoms in total. The third-order valence-corrected chi connectivity index (χ3v) is 8.83. The molecule has 0 spiro atoms. The highest BCUT2D eigenvalue weighted by Crippen LogP contribution is 2.46. The Morgan fingerprint density at radius 3 is 1.54 bits per heavy atom. The average Bonchev–Trinajstić information content (AvgIpc) is 3.01. The van der Waals surface area contributed by atoms with Gasteiger partial charge in [-0.25, -0.2) is 4.67 Å². The molecule has 0 heterocycles. The Balaban J connectivity index is 5.61. The second-order valence-electron chi connectivity index (χ2n) is 11.1. The van der Waals surface area contributed by atoms with Crippen molar-refractivity contribution in [2.75, 3.05) is 32.8 Å². The molecular weight excluding hydrogens is 607 g/mol. The summed E-state index contributed by atoms with van der Waals surface area (Å²) in [5, 5.41) is 19.8. The maximum atomic E-state index is 13.3. The summed E-state index contributed by atoms with van der Waals surface area (Å²) in [7, 11) is -1.39. The molecule has 4 N–H and O–H groups in total. The number of nitrogens with one attached hydrogen (secondary N) is 4. The molecule has 0 aromatic rings. The normalized spacial score (nSPS) is 11.5. The molecule has 0 saturated carbocycles. The number of hydrogen-bond donors (Lipinski definition) is 4. The molecule has 1 unspecified atom stereocenters. The number of nitrogens with zero attached hydrogens (tertiary/aromatic N) is 2. The SMILES string of the molecule is C#CCNC(=O)CCC(CCC(=O)NCC#C)(CCC(=O)NCC#C)NC(=O)CCCCOP(OCCC#N)N(C(C)C)C(C)C. The quantitative estimate of drug-likeness (QED) is 0.0662. The highest BCUT2D eigenvalue weighted by molar-refractivity contribution is 7.44. The predicted molar refractivity (Wildman–Crippen MR) is 179 cm³/mol. The van der Waals surface area contributed by atoms with Crippen molar-refractivity contribution >= 4 is 32.2 Å². The molecule has 4 amide bonds. The summed E-state index contributed by atoms with van der Waals surface area (Å²) in [5.74, 6) is 5.82. The molecule has 0 aromatic carbocycles. The van der Waals surface area contributed by atoms with E-state index in [1.54, 1.807) is 0 Å². The zero-order valence-electron chi connectivity index (χ0n) is 27.8. The zero-order valence-corrected chi connectivity index (χ0v) is 28.7. The summed E-state index contributed by atoms with van der Waals surface area (Å²) in [4.78, 5) is 50.6. The largest absolute Gasteiger partial charge is 0.351 e. The zero-order chi connectivity index (χ0) is 34.8. The van der Waals surface area contributed by atoms with E-state index in [1.807, 2.05) is 0 Å². The van der Waals surface area contributed by atoms with Gasteiger partial charge >= 0.3 is 0 Å². The van der Waals surface area contributed by atoms with E-state index >= 15 is 0 Å². The molecular formula is C33H51N6O6P. The number of nitriles is 1. The van der Waals surface area contributed by atoms with E-state index in [0.717, 1.165) is 0 Å². The van der Waals surface area contributed by atoms with Crippen LogP contribution in [0, 0.1) is 48.4 Å². The second kappa shape index (κ2) is 25.5. The first-order chi connectivity index (χ1) is 21.9. The minimum atomic E-state index is -1.39. The Morgan fingerprint density at radius 1 is 0.717 bits per heavy atom. The van der Waals surface area contributed by atoms with Crippen molar-refractivity contribution in [1.29, 1.82) is 5.26 Å². The number of unbranched alkanes of at least 4 members (excludes halogenated alkanes) is 1.